The van der Waals surface area contributed by atoms with Crippen LogP contribution in [0.15, 0.2) is 11.6 Å². The molecule has 1 N–H and O–H groups in total. The molecule has 2 heterocycles. The van der Waals surface area contributed by atoms with E-state index in [0.717, 1.165) is 30.9 Å². The van der Waals surface area contributed by atoms with Crippen LogP contribution in [0, 0.1) is 0 Å². The summed E-state index contributed by atoms with van der Waals surface area (Å²) >= 11 is 1.64. The third-order valence-electron chi connectivity index (χ3n) is 4.43. The van der Waals surface area contributed by atoms with Crippen molar-refractivity contribution in [2.75, 3.05) is 13.1 Å². The molecule has 18 heavy (non-hydrogen) atoms. The van der Waals surface area contributed by atoms with Crippen molar-refractivity contribution >= 4 is 11.3 Å². The van der Waals surface area contributed by atoms with Gasteiger partial charge in [0, 0.05) is 23.5 Å². The van der Waals surface area contributed by atoms with Crippen molar-refractivity contribution in [1.29, 1.82) is 0 Å². The Morgan fingerprint density at radius 1 is 1.39 bits per heavy atom. The minimum Gasteiger partial charge on any atom is -0.391 e. The molecule has 2 rings (SSSR count). The normalized spacial score (nSPS) is 19.3. The number of hydrogen-bond acceptors (Lipinski definition) is 4. The van der Waals surface area contributed by atoms with Gasteiger partial charge in [-0.2, -0.15) is 0 Å². The van der Waals surface area contributed by atoms with Gasteiger partial charge < -0.3 is 5.11 Å². The predicted octanol–water partition coefficient (Wildman–Crippen LogP) is 2.70. The molecule has 0 aromatic carbocycles. The number of aromatic nitrogens is 1. The minimum atomic E-state index is -0.309. The van der Waals surface area contributed by atoms with Crippen molar-refractivity contribution in [2.24, 2.45) is 0 Å². The molecule has 1 aromatic rings. The van der Waals surface area contributed by atoms with E-state index in [0.29, 0.717) is 6.42 Å². The lowest BCUT2D eigenvalue weighted by molar-refractivity contribution is -0.0270. The van der Waals surface area contributed by atoms with Gasteiger partial charge in [0.15, 0.2) is 0 Å². The van der Waals surface area contributed by atoms with Crippen LogP contribution in [0.2, 0.25) is 0 Å². The Labute approximate surface area is 114 Å². The molecular formula is C14H24N2OS. The fraction of sp³-hybridized carbons (Fsp3) is 0.786. The molecule has 0 radical (unpaired) electrons. The van der Waals surface area contributed by atoms with E-state index in [-0.39, 0.29) is 11.6 Å². The summed E-state index contributed by atoms with van der Waals surface area (Å²) in [6, 6.07) is 0. The lowest BCUT2D eigenvalue weighted by Crippen LogP contribution is -2.55. The topological polar surface area (TPSA) is 36.4 Å². The van der Waals surface area contributed by atoms with Crippen LogP contribution < -0.4 is 0 Å². The summed E-state index contributed by atoms with van der Waals surface area (Å²) in [6.45, 7) is 6.67. The molecule has 1 unspecified atom stereocenters. The molecule has 0 bridgehead atoms. The molecule has 0 amide bonds. The largest absolute Gasteiger partial charge is 0.391 e. The van der Waals surface area contributed by atoms with E-state index < -0.39 is 0 Å². The van der Waals surface area contributed by atoms with Gasteiger partial charge in [0.05, 0.1) is 11.1 Å². The summed E-state index contributed by atoms with van der Waals surface area (Å²) in [4.78, 5) is 6.81. The lowest BCUT2D eigenvalue weighted by atomic mass is 9.83. The molecule has 4 heteroatoms. The van der Waals surface area contributed by atoms with Crippen LogP contribution in [-0.2, 0) is 6.42 Å². The Balaban J connectivity index is 2.12. The zero-order valence-electron chi connectivity index (χ0n) is 11.4. The van der Waals surface area contributed by atoms with Gasteiger partial charge in [-0.25, -0.2) is 4.98 Å². The summed E-state index contributed by atoms with van der Waals surface area (Å²) < 4.78 is 0. The zero-order chi connectivity index (χ0) is 13.0. The van der Waals surface area contributed by atoms with Crippen molar-refractivity contribution in [3.8, 4) is 0 Å². The molecule has 0 aliphatic carbocycles. The molecule has 3 nitrogen and oxygen atoms in total. The highest BCUT2D eigenvalue weighted by molar-refractivity contribution is 7.09. The van der Waals surface area contributed by atoms with Gasteiger partial charge in [-0.05, 0) is 38.8 Å². The first-order valence-electron chi connectivity index (χ1n) is 7.04. The lowest BCUT2D eigenvalue weighted by Gasteiger charge is -2.44. The number of thiazole rings is 1. The van der Waals surface area contributed by atoms with E-state index in [2.05, 4.69) is 23.7 Å². The Kier molecular flexibility index (Phi) is 4.76. The summed E-state index contributed by atoms with van der Waals surface area (Å²) in [7, 11) is 0. The molecule has 1 fully saturated rings. The van der Waals surface area contributed by atoms with E-state index in [1.807, 2.05) is 11.6 Å². The van der Waals surface area contributed by atoms with E-state index in [4.69, 9.17) is 0 Å². The predicted molar refractivity (Wildman–Crippen MR) is 75.9 cm³/mol. The fourth-order valence-electron chi connectivity index (χ4n) is 3.25. The first-order valence-corrected chi connectivity index (χ1v) is 7.92. The smallest absolute Gasteiger partial charge is 0.0951 e. The maximum atomic E-state index is 10.7. The number of rotatable bonds is 6. The maximum Gasteiger partial charge on any atom is 0.0951 e. The Hall–Kier alpha value is -0.450. The van der Waals surface area contributed by atoms with Crippen molar-refractivity contribution in [3.63, 3.8) is 0 Å². The van der Waals surface area contributed by atoms with Crippen molar-refractivity contribution in [1.82, 2.24) is 9.88 Å². The SMILES string of the molecule is CCC(CC)(C(O)Cc1nccs1)N1CCCC1. The van der Waals surface area contributed by atoms with Crippen LogP contribution in [0.3, 0.4) is 0 Å². The van der Waals surface area contributed by atoms with E-state index in [1.54, 1.807) is 11.3 Å². The molecule has 1 aliphatic rings. The first-order chi connectivity index (χ1) is 8.73. The Morgan fingerprint density at radius 2 is 2.06 bits per heavy atom. The molecule has 0 saturated carbocycles. The molecule has 102 valence electrons. The number of nitrogens with zero attached hydrogens (tertiary/aromatic N) is 2. The van der Waals surface area contributed by atoms with Gasteiger partial charge in [0.2, 0.25) is 0 Å². The van der Waals surface area contributed by atoms with Crippen molar-refractivity contribution in [2.45, 2.75) is 57.6 Å². The minimum absolute atomic E-state index is 0.0534. The highest BCUT2D eigenvalue weighted by atomic mass is 32.1. The summed E-state index contributed by atoms with van der Waals surface area (Å²) in [5.74, 6) is 0. The number of hydrogen-bond donors (Lipinski definition) is 1. The molecule has 1 saturated heterocycles. The van der Waals surface area contributed by atoms with Crippen LogP contribution in [0.5, 0.6) is 0 Å². The summed E-state index contributed by atoms with van der Waals surface area (Å²) in [5, 5.41) is 13.7. The van der Waals surface area contributed by atoms with E-state index in [9.17, 15) is 5.11 Å². The first kappa shape index (κ1) is 14.0. The monoisotopic (exact) mass is 268 g/mol. The fourth-order valence-corrected chi connectivity index (χ4v) is 3.91. The molecule has 1 atom stereocenters. The van der Waals surface area contributed by atoms with Gasteiger partial charge >= 0.3 is 0 Å². The zero-order valence-corrected chi connectivity index (χ0v) is 12.2. The van der Waals surface area contributed by atoms with Crippen LogP contribution in [0.25, 0.3) is 0 Å². The van der Waals surface area contributed by atoms with Crippen molar-refractivity contribution < 1.29 is 5.11 Å². The number of aliphatic hydroxyl groups is 1. The standard InChI is InChI=1S/C14H24N2OS/c1-3-14(4-2,16-8-5-6-9-16)12(17)11-13-15-7-10-18-13/h7,10,12,17H,3-6,8-9,11H2,1-2H3. The van der Waals surface area contributed by atoms with Crippen LogP contribution >= 0.6 is 11.3 Å². The highest BCUT2D eigenvalue weighted by Gasteiger charge is 2.41. The van der Waals surface area contributed by atoms with Crippen LogP contribution in [-0.4, -0.2) is 39.7 Å². The second-order valence-corrected chi connectivity index (χ2v) is 6.13. The van der Waals surface area contributed by atoms with E-state index >= 15 is 0 Å². The van der Waals surface area contributed by atoms with Crippen LogP contribution in [0.1, 0.15) is 44.5 Å². The highest BCUT2D eigenvalue weighted by Crippen LogP contribution is 2.33. The van der Waals surface area contributed by atoms with E-state index in [1.165, 1.54) is 12.8 Å². The van der Waals surface area contributed by atoms with Gasteiger partial charge in [-0.3, -0.25) is 4.90 Å². The second kappa shape index (κ2) is 6.13. The molecular weight excluding hydrogens is 244 g/mol. The van der Waals surface area contributed by atoms with Gasteiger partial charge in [0.25, 0.3) is 0 Å². The third-order valence-corrected chi connectivity index (χ3v) is 5.23. The number of aliphatic hydroxyl groups excluding tert-OH is 1. The van der Waals surface area contributed by atoms with Crippen molar-refractivity contribution in [3.05, 3.63) is 16.6 Å². The second-order valence-electron chi connectivity index (χ2n) is 5.15. The molecule has 1 aliphatic heterocycles. The average Bonchev–Trinajstić information content (AvgIpc) is 3.04. The van der Waals surface area contributed by atoms with Gasteiger partial charge in [-0.1, -0.05) is 13.8 Å². The average molecular weight is 268 g/mol. The molecule has 1 aromatic heterocycles. The third kappa shape index (κ3) is 2.60. The number of likely N-dealkylation sites (tertiary alicyclic amines) is 1. The summed E-state index contributed by atoms with van der Waals surface area (Å²) in [5.41, 5.74) is -0.0534. The molecule has 0 spiro atoms. The van der Waals surface area contributed by atoms with Crippen LogP contribution in [0.4, 0.5) is 0 Å². The summed E-state index contributed by atoms with van der Waals surface area (Å²) in [6.07, 6.45) is 6.76. The Morgan fingerprint density at radius 3 is 2.56 bits per heavy atom. The quantitative estimate of drug-likeness (QED) is 0.862. The van der Waals surface area contributed by atoms with Gasteiger partial charge in [0.1, 0.15) is 0 Å². The maximum absolute atomic E-state index is 10.7. The van der Waals surface area contributed by atoms with Gasteiger partial charge in [-0.15, -0.1) is 11.3 Å². The Bertz CT molecular complexity index is 343.